The zero-order valence-corrected chi connectivity index (χ0v) is 15.4. The number of aromatic amines is 1. The number of nitrogens with one attached hydrogen (secondary N) is 1. The predicted molar refractivity (Wildman–Crippen MR) is 109 cm³/mol. The normalized spacial score (nSPS) is 13.0. The summed E-state index contributed by atoms with van der Waals surface area (Å²) in [5.74, 6) is -0.607. The lowest BCUT2D eigenvalue weighted by atomic mass is 9.95. The predicted octanol–water partition coefficient (Wildman–Crippen LogP) is 4.88. The molecule has 1 aromatic heterocycles. The number of phenols is 1. The number of H-pyrrole nitrogens is 1. The van der Waals surface area contributed by atoms with E-state index in [9.17, 15) is 9.50 Å². The average molecular weight is 373 g/mol. The molecule has 28 heavy (non-hydrogen) atoms. The summed E-state index contributed by atoms with van der Waals surface area (Å²) in [4.78, 5) is 12.1. The monoisotopic (exact) mass is 373 g/mol. The minimum atomic E-state index is -0.482. The van der Waals surface area contributed by atoms with Gasteiger partial charge in [0.05, 0.1) is 18.1 Å². The molecule has 1 atom stereocenters. The summed E-state index contributed by atoms with van der Waals surface area (Å²) in [5.41, 5.74) is 3.03. The second-order valence-corrected chi connectivity index (χ2v) is 6.80. The Morgan fingerprint density at radius 2 is 1.93 bits per heavy atom. The van der Waals surface area contributed by atoms with E-state index in [0.717, 1.165) is 28.1 Å². The van der Waals surface area contributed by atoms with E-state index in [-0.39, 0.29) is 11.8 Å². The van der Waals surface area contributed by atoms with Crippen molar-refractivity contribution in [3.8, 4) is 5.75 Å². The van der Waals surface area contributed by atoms with Crippen LogP contribution < -0.4 is 0 Å². The molecule has 5 heteroatoms. The topological polar surface area (TPSA) is 61.3 Å². The van der Waals surface area contributed by atoms with Gasteiger partial charge in [-0.3, -0.25) is 4.99 Å². The van der Waals surface area contributed by atoms with E-state index in [0.29, 0.717) is 17.7 Å². The molecule has 3 aromatic carbocycles. The lowest BCUT2D eigenvalue weighted by Crippen LogP contribution is -2.12. The number of nitrogens with zero attached hydrogens (tertiary/aromatic N) is 2. The Morgan fingerprint density at radius 1 is 1.11 bits per heavy atom. The van der Waals surface area contributed by atoms with Crippen LogP contribution in [0, 0.1) is 5.82 Å². The Balaban J connectivity index is 1.87. The number of fused-ring (bicyclic) bond motifs is 1. The number of halogens is 1. The fourth-order valence-corrected chi connectivity index (χ4v) is 3.40. The van der Waals surface area contributed by atoms with E-state index < -0.39 is 5.82 Å². The highest BCUT2D eigenvalue weighted by atomic mass is 19.1. The Hall–Kier alpha value is -3.47. The van der Waals surface area contributed by atoms with Crippen molar-refractivity contribution in [2.24, 2.45) is 4.99 Å². The van der Waals surface area contributed by atoms with Gasteiger partial charge in [-0.25, -0.2) is 9.37 Å². The number of aliphatic imine (C=N–C) groups is 1. The smallest absolute Gasteiger partial charge is 0.127 e. The van der Waals surface area contributed by atoms with Crippen molar-refractivity contribution in [3.05, 3.63) is 95.8 Å². The third-order valence-electron chi connectivity index (χ3n) is 4.68. The largest absolute Gasteiger partial charge is 0.507 e. The molecule has 4 aromatic rings. The number of phenolic OH excluding ortho intramolecular Hbond substituents is 1. The van der Waals surface area contributed by atoms with E-state index in [1.54, 1.807) is 18.6 Å². The Morgan fingerprint density at radius 3 is 2.71 bits per heavy atom. The molecule has 0 aliphatic rings. The van der Waals surface area contributed by atoms with Crippen LogP contribution in [0.5, 0.6) is 5.75 Å². The highest BCUT2D eigenvalue weighted by molar-refractivity contribution is 6.20. The van der Waals surface area contributed by atoms with Gasteiger partial charge in [0.2, 0.25) is 0 Å². The molecule has 1 heterocycles. The Kier molecular flexibility index (Phi) is 4.89. The van der Waals surface area contributed by atoms with Crippen LogP contribution in [0.4, 0.5) is 4.39 Å². The lowest BCUT2D eigenvalue weighted by molar-refractivity contribution is 0.468. The van der Waals surface area contributed by atoms with Crippen LogP contribution in [0.15, 0.2) is 78.2 Å². The molecule has 0 saturated carbocycles. The molecular formula is C23H20FN3O. The van der Waals surface area contributed by atoms with Gasteiger partial charge in [-0.1, -0.05) is 42.5 Å². The number of aromatic nitrogens is 2. The molecule has 0 aliphatic heterocycles. The van der Waals surface area contributed by atoms with Gasteiger partial charge in [0, 0.05) is 35.5 Å². The van der Waals surface area contributed by atoms with Gasteiger partial charge in [0.25, 0.3) is 0 Å². The van der Waals surface area contributed by atoms with E-state index in [1.165, 1.54) is 6.07 Å². The molecule has 0 bridgehead atoms. The van der Waals surface area contributed by atoms with E-state index in [4.69, 9.17) is 4.99 Å². The van der Waals surface area contributed by atoms with Crippen LogP contribution in [-0.2, 0) is 6.42 Å². The molecule has 0 fully saturated rings. The molecule has 0 saturated heterocycles. The fraction of sp³-hybridized carbons (Fsp3) is 0.130. The van der Waals surface area contributed by atoms with Crippen molar-refractivity contribution in [2.45, 2.75) is 19.4 Å². The zero-order chi connectivity index (χ0) is 19.5. The van der Waals surface area contributed by atoms with Crippen molar-refractivity contribution in [1.82, 2.24) is 9.97 Å². The molecule has 0 spiro atoms. The fourth-order valence-electron chi connectivity index (χ4n) is 3.40. The van der Waals surface area contributed by atoms with Gasteiger partial charge >= 0.3 is 0 Å². The maximum atomic E-state index is 13.6. The quantitative estimate of drug-likeness (QED) is 0.490. The van der Waals surface area contributed by atoms with Gasteiger partial charge < -0.3 is 10.1 Å². The summed E-state index contributed by atoms with van der Waals surface area (Å²) in [6.07, 6.45) is 4.10. The highest BCUT2D eigenvalue weighted by Gasteiger charge is 2.16. The second-order valence-electron chi connectivity index (χ2n) is 6.80. The number of rotatable bonds is 5. The number of hydrogen-bond acceptors (Lipinski definition) is 3. The Bertz CT molecular complexity index is 1130. The molecular weight excluding hydrogens is 353 g/mol. The summed E-state index contributed by atoms with van der Waals surface area (Å²) < 4.78 is 13.6. The van der Waals surface area contributed by atoms with Crippen LogP contribution in [0.3, 0.4) is 0 Å². The minimum Gasteiger partial charge on any atom is -0.507 e. The van der Waals surface area contributed by atoms with Crippen LogP contribution >= 0.6 is 0 Å². The van der Waals surface area contributed by atoms with Gasteiger partial charge in [-0.2, -0.15) is 0 Å². The summed E-state index contributed by atoms with van der Waals surface area (Å²) in [7, 11) is 0. The van der Waals surface area contributed by atoms with Gasteiger partial charge in [0.1, 0.15) is 11.6 Å². The molecule has 0 amide bonds. The first-order chi connectivity index (χ1) is 13.6. The van der Waals surface area contributed by atoms with Gasteiger partial charge in [0.15, 0.2) is 0 Å². The number of hydrogen-bond donors (Lipinski definition) is 2. The van der Waals surface area contributed by atoms with Crippen molar-refractivity contribution >= 4 is 16.5 Å². The summed E-state index contributed by atoms with van der Waals surface area (Å²) >= 11 is 0. The zero-order valence-electron chi connectivity index (χ0n) is 15.4. The summed E-state index contributed by atoms with van der Waals surface area (Å²) in [6, 6.07) is 18.0. The summed E-state index contributed by atoms with van der Waals surface area (Å²) in [5, 5.41) is 12.5. The van der Waals surface area contributed by atoms with Crippen LogP contribution in [0.1, 0.15) is 23.7 Å². The van der Waals surface area contributed by atoms with Crippen LogP contribution in [-0.4, -0.2) is 26.8 Å². The molecule has 0 unspecified atom stereocenters. The molecule has 4 nitrogen and oxygen atoms in total. The lowest BCUT2D eigenvalue weighted by Gasteiger charge is -2.15. The third-order valence-corrected chi connectivity index (χ3v) is 4.68. The molecule has 2 N–H and O–H groups in total. The first-order valence-corrected chi connectivity index (χ1v) is 9.14. The van der Waals surface area contributed by atoms with E-state index in [2.05, 4.69) is 9.97 Å². The standard InChI is InChI=1S/C23H20FN3O/c1-15(11-18-13-25-14-26-18)27-23(21-10-9-17(24)12-22(21)28)20-8-4-6-16-5-2-3-7-19(16)20/h2-10,12-15,28H,11H2,1H3,(H,25,26)/t15-/m1/s1. The van der Waals surface area contributed by atoms with E-state index >= 15 is 0 Å². The number of aromatic hydroxyl groups is 1. The van der Waals surface area contributed by atoms with Crippen LogP contribution in [0.2, 0.25) is 0 Å². The van der Waals surface area contributed by atoms with E-state index in [1.807, 2.05) is 49.4 Å². The number of benzene rings is 3. The van der Waals surface area contributed by atoms with Crippen molar-refractivity contribution in [2.75, 3.05) is 0 Å². The molecule has 0 aliphatic carbocycles. The second kappa shape index (κ2) is 7.64. The van der Waals surface area contributed by atoms with Crippen molar-refractivity contribution < 1.29 is 9.50 Å². The molecule has 140 valence electrons. The summed E-state index contributed by atoms with van der Waals surface area (Å²) in [6.45, 7) is 2.01. The SMILES string of the molecule is C[C@H](Cc1cnc[nH]1)N=C(c1ccc(F)cc1O)c1cccc2ccccc12. The molecule has 4 rings (SSSR count). The van der Waals surface area contributed by atoms with Gasteiger partial charge in [-0.05, 0) is 29.8 Å². The van der Waals surface area contributed by atoms with Crippen LogP contribution in [0.25, 0.3) is 10.8 Å². The van der Waals surface area contributed by atoms with Crippen molar-refractivity contribution in [3.63, 3.8) is 0 Å². The van der Waals surface area contributed by atoms with Gasteiger partial charge in [-0.15, -0.1) is 0 Å². The highest BCUT2D eigenvalue weighted by Crippen LogP contribution is 2.27. The minimum absolute atomic E-state index is 0.0705. The first-order valence-electron chi connectivity index (χ1n) is 9.14. The first kappa shape index (κ1) is 17.9. The number of imidazole rings is 1. The van der Waals surface area contributed by atoms with Crippen molar-refractivity contribution in [1.29, 1.82) is 0 Å². The Labute approximate surface area is 162 Å². The maximum Gasteiger partial charge on any atom is 0.127 e. The maximum absolute atomic E-state index is 13.6. The average Bonchev–Trinajstić information content (AvgIpc) is 3.19. The molecule has 0 radical (unpaired) electrons. The third kappa shape index (κ3) is 3.64.